The third-order valence-corrected chi connectivity index (χ3v) is 6.96. The molecule has 2 nitrogen and oxygen atoms in total. The minimum atomic E-state index is 0.582. The van der Waals surface area contributed by atoms with E-state index in [4.69, 9.17) is 0 Å². The van der Waals surface area contributed by atoms with Gasteiger partial charge in [0.15, 0.2) is 0 Å². The molecule has 3 rings (SSSR count). The van der Waals surface area contributed by atoms with Crippen LogP contribution in [0.3, 0.4) is 0 Å². The largest absolute Gasteiger partial charge is 0.369 e. The molecule has 1 unspecified atom stereocenters. The first-order valence-electron chi connectivity index (χ1n) is 10.6. The van der Waals surface area contributed by atoms with Crippen molar-refractivity contribution in [1.82, 2.24) is 9.80 Å². The Morgan fingerprint density at radius 3 is 2.46 bits per heavy atom. The van der Waals surface area contributed by atoms with Gasteiger partial charge < -0.3 is 4.90 Å². The van der Waals surface area contributed by atoms with Gasteiger partial charge in [-0.15, -0.1) is 0 Å². The first-order valence-corrected chi connectivity index (χ1v) is 11.4. The van der Waals surface area contributed by atoms with Gasteiger partial charge in [0.05, 0.1) is 0 Å². The van der Waals surface area contributed by atoms with Crippen molar-refractivity contribution in [3.63, 3.8) is 0 Å². The molecule has 0 N–H and O–H groups in total. The lowest BCUT2D eigenvalue weighted by atomic mass is 10.1. The van der Waals surface area contributed by atoms with E-state index < -0.39 is 0 Å². The standard InChI is InChI=1S/C25H34N2S/c1-5-6-11-16-26-17-18-27(19-21(26)3)22(4)23-13-8-10-15-25(23)28-24-14-9-7-12-20(24)2/h7-10,12-15,21H,4-6,11,16-19H2,1-3H3. The minimum absolute atomic E-state index is 0.582. The second kappa shape index (κ2) is 10.2. The highest BCUT2D eigenvalue weighted by Crippen LogP contribution is 2.36. The molecule has 2 aromatic rings. The molecule has 0 spiro atoms. The fraction of sp³-hybridized carbons (Fsp3) is 0.440. The van der Waals surface area contributed by atoms with Gasteiger partial charge in [0.1, 0.15) is 0 Å². The normalized spacial score (nSPS) is 17.7. The van der Waals surface area contributed by atoms with Gasteiger partial charge in [0.25, 0.3) is 0 Å². The van der Waals surface area contributed by atoms with E-state index in [0.29, 0.717) is 6.04 Å². The molecule has 1 saturated heterocycles. The summed E-state index contributed by atoms with van der Waals surface area (Å²) in [5, 5.41) is 0. The van der Waals surface area contributed by atoms with E-state index in [2.05, 4.69) is 85.7 Å². The van der Waals surface area contributed by atoms with Crippen LogP contribution in [0, 0.1) is 6.92 Å². The summed E-state index contributed by atoms with van der Waals surface area (Å²) in [6.45, 7) is 15.8. The molecule has 150 valence electrons. The summed E-state index contributed by atoms with van der Waals surface area (Å²) in [4.78, 5) is 7.74. The molecule has 2 aromatic carbocycles. The molecule has 1 aliphatic rings. The second-order valence-corrected chi connectivity index (χ2v) is 8.93. The Hall–Kier alpha value is -1.71. The van der Waals surface area contributed by atoms with E-state index in [1.54, 1.807) is 0 Å². The summed E-state index contributed by atoms with van der Waals surface area (Å²) >= 11 is 1.85. The summed E-state index contributed by atoms with van der Waals surface area (Å²) in [5.74, 6) is 0. The summed E-state index contributed by atoms with van der Waals surface area (Å²) in [6.07, 6.45) is 3.95. The molecule has 0 bridgehead atoms. The van der Waals surface area contributed by atoms with Crippen LogP contribution in [0.4, 0.5) is 0 Å². The van der Waals surface area contributed by atoms with Crippen molar-refractivity contribution >= 4 is 17.5 Å². The average Bonchev–Trinajstić information content (AvgIpc) is 2.71. The van der Waals surface area contributed by atoms with Gasteiger partial charge in [-0.25, -0.2) is 0 Å². The Kier molecular flexibility index (Phi) is 7.64. The van der Waals surface area contributed by atoms with E-state index in [-0.39, 0.29) is 0 Å². The summed E-state index contributed by atoms with van der Waals surface area (Å²) in [6, 6.07) is 17.9. The average molecular weight is 395 g/mol. The van der Waals surface area contributed by atoms with E-state index in [9.17, 15) is 0 Å². The SMILES string of the molecule is C=C(c1ccccc1Sc1ccccc1C)N1CCN(CCCCC)C(C)C1. The number of rotatable bonds is 8. The molecule has 1 heterocycles. The Morgan fingerprint density at radius 2 is 1.75 bits per heavy atom. The maximum Gasteiger partial charge on any atom is 0.0379 e. The second-order valence-electron chi connectivity index (χ2n) is 7.85. The van der Waals surface area contributed by atoms with Crippen LogP contribution in [-0.4, -0.2) is 42.0 Å². The number of aryl methyl sites for hydroxylation is 1. The number of hydrogen-bond acceptors (Lipinski definition) is 3. The van der Waals surface area contributed by atoms with Gasteiger partial charge in [0.2, 0.25) is 0 Å². The van der Waals surface area contributed by atoms with Crippen molar-refractivity contribution in [3.8, 4) is 0 Å². The monoisotopic (exact) mass is 394 g/mol. The van der Waals surface area contributed by atoms with Crippen LogP contribution in [-0.2, 0) is 0 Å². The zero-order chi connectivity index (χ0) is 19.9. The van der Waals surface area contributed by atoms with Crippen LogP contribution in [0.2, 0.25) is 0 Å². The highest BCUT2D eigenvalue weighted by atomic mass is 32.2. The molecule has 0 amide bonds. The zero-order valence-electron chi connectivity index (χ0n) is 17.7. The first kappa shape index (κ1) is 21.0. The van der Waals surface area contributed by atoms with E-state index in [0.717, 1.165) is 25.3 Å². The molecule has 0 saturated carbocycles. The molecular formula is C25H34N2S. The van der Waals surface area contributed by atoms with E-state index >= 15 is 0 Å². The molecule has 0 aromatic heterocycles. The maximum absolute atomic E-state index is 4.50. The molecule has 1 fully saturated rings. The third-order valence-electron chi connectivity index (χ3n) is 5.71. The van der Waals surface area contributed by atoms with Crippen LogP contribution < -0.4 is 0 Å². The van der Waals surface area contributed by atoms with Gasteiger partial charge in [-0.2, -0.15) is 0 Å². The van der Waals surface area contributed by atoms with Crippen molar-refractivity contribution in [2.24, 2.45) is 0 Å². The molecule has 3 heteroatoms. The number of nitrogens with zero attached hydrogens (tertiary/aromatic N) is 2. The van der Waals surface area contributed by atoms with Crippen LogP contribution in [0.5, 0.6) is 0 Å². The quantitative estimate of drug-likeness (QED) is 0.484. The molecule has 1 atom stereocenters. The predicted octanol–water partition coefficient (Wildman–Crippen LogP) is 6.31. The molecular weight excluding hydrogens is 360 g/mol. The summed E-state index contributed by atoms with van der Waals surface area (Å²) < 4.78 is 0. The number of piperazine rings is 1. The van der Waals surface area contributed by atoms with Crippen LogP contribution >= 0.6 is 11.8 Å². The summed E-state index contributed by atoms with van der Waals surface area (Å²) in [5.41, 5.74) is 3.75. The molecule has 0 aliphatic carbocycles. The van der Waals surface area contributed by atoms with Gasteiger partial charge in [0, 0.05) is 46.7 Å². The minimum Gasteiger partial charge on any atom is -0.369 e. The lowest BCUT2D eigenvalue weighted by Crippen LogP contribution is -2.51. The predicted molar refractivity (Wildman–Crippen MR) is 123 cm³/mol. The van der Waals surface area contributed by atoms with E-state index in [1.165, 1.54) is 46.7 Å². The Bertz CT molecular complexity index is 786. The first-order chi connectivity index (χ1) is 13.6. The zero-order valence-corrected chi connectivity index (χ0v) is 18.5. The van der Waals surface area contributed by atoms with Gasteiger partial charge in [-0.3, -0.25) is 4.90 Å². The van der Waals surface area contributed by atoms with E-state index in [1.807, 2.05) is 11.8 Å². The van der Waals surface area contributed by atoms with Crippen LogP contribution in [0.15, 0.2) is 64.9 Å². The fourth-order valence-electron chi connectivity index (χ4n) is 3.89. The summed E-state index contributed by atoms with van der Waals surface area (Å²) in [7, 11) is 0. The third kappa shape index (κ3) is 5.21. The van der Waals surface area contributed by atoms with Crippen molar-refractivity contribution < 1.29 is 0 Å². The topological polar surface area (TPSA) is 6.48 Å². The lowest BCUT2D eigenvalue weighted by molar-refractivity contribution is 0.116. The van der Waals surface area contributed by atoms with Crippen LogP contribution in [0.25, 0.3) is 5.70 Å². The number of hydrogen-bond donors (Lipinski definition) is 0. The van der Waals surface area contributed by atoms with Crippen molar-refractivity contribution in [3.05, 3.63) is 66.2 Å². The van der Waals surface area contributed by atoms with Crippen molar-refractivity contribution in [1.29, 1.82) is 0 Å². The molecule has 28 heavy (non-hydrogen) atoms. The Balaban J connectivity index is 1.69. The van der Waals surface area contributed by atoms with Gasteiger partial charge >= 0.3 is 0 Å². The van der Waals surface area contributed by atoms with Crippen LogP contribution in [0.1, 0.15) is 44.2 Å². The highest BCUT2D eigenvalue weighted by Gasteiger charge is 2.25. The Labute approximate surface area is 175 Å². The molecule has 1 aliphatic heterocycles. The van der Waals surface area contributed by atoms with Gasteiger partial charge in [-0.1, -0.05) is 74.5 Å². The number of benzene rings is 2. The van der Waals surface area contributed by atoms with Gasteiger partial charge in [-0.05, 0) is 44.5 Å². The highest BCUT2D eigenvalue weighted by molar-refractivity contribution is 7.99. The lowest BCUT2D eigenvalue weighted by Gasteiger charge is -2.42. The smallest absolute Gasteiger partial charge is 0.0379 e. The Morgan fingerprint density at radius 1 is 1.04 bits per heavy atom. The fourth-order valence-corrected chi connectivity index (χ4v) is 4.95. The molecule has 0 radical (unpaired) electrons. The number of unbranched alkanes of at least 4 members (excludes halogenated alkanes) is 2. The maximum atomic E-state index is 4.50. The van der Waals surface area contributed by atoms with Crippen molar-refractivity contribution in [2.45, 2.75) is 55.9 Å². The van der Waals surface area contributed by atoms with Crippen molar-refractivity contribution in [2.75, 3.05) is 26.2 Å².